The largest absolute Gasteiger partial charge is 0.497 e. The van der Waals surface area contributed by atoms with Crippen molar-refractivity contribution >= 4 is 0 Å². The smallest absolute Gasteiger partial charge is 0.119 e. The number of benzene rings is 1. The Morgan fingerprint density at radius 1 is 1.32 bits per heavy atom. The van der Waals surface area contributed by atoms with Crippen LogP contribution in [0.4, 0.5) is 0 Å². The zero-order chi connectivity index (χ0) is 15.6. The predicted octanol–water partition coefficient (Wildman–Crippen LogP) is 3.72. The van der Waals surface area contributed by atoms with Crippen molar-refractivity contribution in [3.63, 3.8) is 0 Å². The lowest BCUT2D eigenvalue weighted by Crippen LogP contribution is -2.43. The van der Waals surface area contributed by atoms with Gasteiger partial charge in [0.25, 0.3) is 0 Å². The molecule has 0 aliphatic carbocycles. The molecule has 0 bridgehead atoms. The number of hydrogen-bond acceptors (Lipinski definition) is 3. The van der Waals surface area contributed by atoms with Gasteiger partial charge >= 0.3 is 0 Å². The first-order valence-corrected chi connectivity index (χ1v) is 8.59. The van der Waals surface area contributed by atoms with Crippen LogP contribution in [0.3, 0.4) is 0 Å². The van der Waals surface area contributed by atoms with Gasteiger partial charge in [-0.3, -0.25) is 4.90 Å². The number of ether oxygens (including phenoxy) is 2. The van der Waals surface area contributed by atoms with E-state index in [4.69, 9.17) is 9.47 Å². The summed E-state index contributed by atoms with van der Waals surface area (Å²) in [6.45, 7) is 8.91. The average Bonchev–Trinajstić information content (AvgIpc) is 2.94. The number of likely N-dealkylation sites (tertiary alicyclic amines) is 1. The number of rotatable bonds is 4. The molecule has 0 amide bonds. The molecule has 3 rings (SSSR count). The van der Waals surface area contributed by atoms with Crippen LogP contribution < -0.4 is 4.74 Å². The van der Waals surface area contributed by atoms with Crippen LogP contribution in [0, 0.1) is 11.8 Å². The van der Waals surface area contributed by atoms with Crippen molar-refractivity contribution in [3.8, 4) is 5.75 Å². The summed E-state index contributed by atoms with van der Waals surface area (Å²) >= 11 is 0. The maximum atomic E-state index is 6.24. The third kappa shape index (κ3) is 3.47. The maximum absolute atomic E-state index is 6.24. The molecule has 2 aliphatic rings. The first-order valence-electron chi connectivity index (χ1n) is 8.59. The Hall–Kier alpha value is -1.06. The molecular formula is C19H29NO2. The molecule has 2 heterocycles. The SMILES string of the molecule is COc1cccc(CN2CCC3(CC2)CC(C(C)C)CO3)c1. The number of nitrogens with zero attached hydrogens (tertiary/aromatic N) is 1. The molecule has 0 radical (unpaired) electrons. The summed E-state index contributed by atoms with van der Waals surface area (Å²) in [4.78, 5) is 2.55. The van der Waals surface area contributed by atoms with E-state index in [1.807, 2.05) is 6.07 Å². The van der Waals surface area contributed by atoms with Crippen LogP contribution >= 0.6 is 0 Å². The minimum absolute atomic E-state index is 0.180. The minimum atomic E-state index is 0.180. The number of methoxy groups -OCH3 is 1. The highest BCUT2D eigenvalue weighted by Gasteiger charge is 2.43. The molecule has 2 fully saturated rings. The van der Waals surface area contributed by atoms with E-state index in [1.54, 1.807) is 7.11 Å². The highest BCUT2D eigenvalue weighted by Crippen LogP contribution is 2.41. The Kier molecular flexibility index (Phi) is 4.74. The molecular weight excluding hydrogens is 274 g/mol. The molecule has 0 N–H and O–H groups in total. The molecule has 22 heavy (non-hydrogen) atoms. The fourth-order valence-corrected chi connectivity index (χ4v) is 3.80. The van der Waals surface area contributed by atoms with E-state index in [1.165, 1.54) is 24.8 Å². The van der Waals surface area contributed by atoms with E-state index in [0.717, 1.165) is 43.8 Å². The molecule has 1 unspecified atom stereocenters. The lowest BCUT2D eigenvalue weighted by molar-refractivity contribution is -0.0452. The van der Waals surface area contributed by atoms with Crippen LogP contribution in [0.2, 0.25) is 0 Å². The Balaban J connectivity index is 1.54. The van der Waals surface area contributed by atoms with E-state index in [9.17, 15) is 0 Å². The molecule has 2 aliphatic heterocycles. The molecule has 1 spiro atoms. The minimum Gasteiger partial charge on any atom is -0.497 e. The monoisotopic (exact) mass is 303 g/mol. The first-order chi connectivity index (χ1) is 10.6. The summed E-state index contributed by atoms with van der Waals surface area (Å²) in [6, 6.07) is 8.42. The third-order valence-corrected chi connectivity index (χ3v) is 5.49. The van der Waals surface area contributed by atoms with Crippen LogP contribution in [0.5, 0.6) is 5.75 Å². The second kappa shape index (κ2) is 6.59. The topological polar surface area (TPSA) is 21.7 Å². The maximum Gasteiger partial charge on any atom is 0.119 e. The van der Waals surface area contributed by atoms with Crippen molar-refractivity contribution in [1.29, 1.82) is 0 Å². The fraction of sp³-hybridized carbons (Fsp3) is 0.684. The fourth-order valence-electron chi connectivity index (χ4n) is 3.80. The lowest BCUT2D eigenvalue weighted by atomic mass is 9.82. The zero-order valence-electron chi connectivity index (χ0n) is 14.2. The summed E-state index contributed by atoms with van der Waals surface area (Å²) in [5.41, 5.74) is 1.52. The highest BCUT2D eigenvalue weighted by atomic mass is 16.5. The van der Waals surface area contributed by atoms with Crippen LogP contribution in [-0.2, 0) is 11.3 Å². The quantitative estimate of drug-likeness (QED) is 0.846. The summed E-state index contributed by atoms with van der Waals surface area (Å²) < 4.78 is 11.6. The van der Waals surface area contributed by atoms with Crippen molar-refractivity contribution in [2.45, 2.75) is 45.3 Å². The van der Waals surface area contributed by atoms with E-state index in [2.05, 4.69) is 36.9 Å². The Bertz CT molecular complexity index is 492. The van der Waals surface area contributed by atoms with E-state index in [0.29, 0.717) is 0 Å². The van der Waals surface area contributed by atoms with Crippen molar-refractivity contribution < 1.29 is 9.47 Å². The van der Waals surface area contributed by atoms with Gasteiger partial charge in [0.05, 0.1) is 19.3 Å². The van der Waals surface area contributed by atoms with E-state index < -0.39 is 0 Å². The van der Waals surface area contributed by atoms with Gasteiger partial charge in [0.1, 0.15) is 5.75 Å². The number of piperidine rings is 1. The van der Waals surface area contributed by atoms with Gasteiger partial charge in [0, 0.05) is 19.6 Å². The number of hydrogen-bond donors (Lipinski definition) is 0. The molecule has 1 aromatic rings. The van der Waals surface area contributed by atoms with Crippen LogP contribution in [0.1, 0.15) is 38.7 Å². The molecule has 1 atom stereocenters. The van der Waals surface area contributed by atoms with Gasteiger partial charge < -0.3 is 9.47 Å². The van der Waals surface area contributed by atoms with Gasteiger partial charge in [0.15, 0.2) is 0 Å². The van der Waals surface area contributed by atoms with Crippen molar-refractivity contribution in [1.82, 2.24) is 4.90 Å². The highest BCUT2D eigenvalue weighted by molar-refractivity contribution is 5.28. The second-order valence-electron chi connectivity index (χ2n) is 7.33. The normalized spacial score (nSPS) is 25.0. The Labute approximate surface area is 134 Å². The van der Waals surface area contributed by atoms with Crippen LogP contribution in [0.15, 0.2) is 24.3 Å². The molecule has 3 nitrogen and oxygen atoms in total. The molecule has 0 saturated carbocycles. The summed E-state index contributed by atoms with van der Waals surface area (Å²) in [5, 5.41) is 0. The predicted molar refractivity (Wildman–Crippen MR) is 89.1 cm³/mol. The van der Waals surface area contributed by atoms with Crippen molar-refractivity contribution in [2.75, 3.05) is 26.8 Å². The van der Waals surface area contributed by atoms with Gasteiger partial charge in [-0.05, 0) is 48.8 Å². The van der Waals surface area contributed by atoms with Gasteiger partial charge in [-0.15, -0.1) is 0 Å². The van der Waals surface area contributed by atoms with Gasteiger partial charge in [-0.2, -0.15) is 0 Å². The third-order valence-electron chi connectivity index (χ3n) is 5.49. The van der Waals surface area contributed by atoms with Crippen molar-refractivity contribution in [3.05, 3.63) is 29.8 Å². The summed E-state index contributed by atoms with van der Waals surface area (Å²) in [7, 11) is 1.73. The standard InChI is InChI=1S/C19H29NO2/c1-15(2)17-12-19(22-14-17)7-9-20(10-8-19)13-16-5-4-6-18(11-16)21-3/h4-6,11,15,17H,7-10,12-14H2,1-3H3. The molecule has 3 heteroatoms. The lowest BCUT2D eigenvalue weighted by Gasteiger charge is -2.39. The van der Waals surface area contributed by atoms with E-state index >= 15 is 0 Å². The molecule has 2 saturated heterocycles. The van der Waals surface area contributed by atoms with Crippen molar-refractivity contribution in [2.24, 2.45) is 11.8 Å². The van der Waals surface area contributed by atoms with Gasteiger partial charge in [0.2, 0.25) is 0 Å². The molecule has 1 aromatic carbocycles. The average molecular weight is 303 g/mol. The first kappa shape index (κ1) is 15.8. The Morgan fingerprint density at radius 3 is 2.73 bits per heavy atom. The second-order valence-corrected chi connectivity index (χ2v) is 7.33. The van der Waals surface area contributed by atoms with Crippen LogP contribution in [0.25, 0.3) is 0 Å². The Morgan fingerprint density at radius 2 is 2.09 bits per heavy atom. The van der Waals surface area contributed by atoms with Gasteiger partial charge in [-0.1, -0.05) is 26.0 Å². The summed E-state index contributed by atoms with van der Waals surface area (Å²) in [6.07, 6.45) is 3.62. The van der Waals surface area contributed by atoms with Crippen LogP contribution in [-0.4, -0.2) is 37.3 Å². The van der Waals surface area contributed by atoms with Gasteiger partial charge in [-0.25, -0.2) is 0 Å². The zero-order valence-corrected chi connectivity index (χ0v) is 14.2. The summed E-state index contributed by atoms with van der Waals surface area (Å²) in [5.74, 6) is 2.45. The van der Waals surface area contributed by atoms with E-state index in [-0.39, 0.29) is 5.60 Å². The molecule has 0 aromatic heterocycles. The molecule has 122 valence electrons.